The largest absolute Gasteiger partial charge is 0.307 e. The van der Waals surface area contributed by atoms with E-state index < -0.39 is 0 Å². The van der Waals surface area contributed by atoms with E-state index in [2.05, 4.69) is 53.3 Å². The molecule has 0 bridgehead atoms. The molecular weight excluding hydrogens is 286 g/mol. The minimum Gasteiger partial charge on any atom is -0.307 e. The second-order valence-corrected chi connectivity index (χ2v) is 8.77. The van der Waals surface area contributed by atoms with Gasteiger partial charge in [-0.3, -0.25) is 0 Å². The third-order valence-corrected chi connectivity index (χ3v) is 5.17. The zero-order valence-electron chi connectivity index (χ0n) is 15.0. The van der Waals surface area contributed by atoms with Gasteiger partial charge in [-0.1, -0.05) is 19.3 Å². The number of piperidine rings is 1. The van der Waals surface area contributed by atoms with Gasteiger partial charge in [0.2, 0.25) is 0 Å². The van der Waals surface area contributed by atoms with E-state index in [-0.39, 0.29) is 16.6 Å². The lowest BCUT2D eigenvalue weighted by molar-refractivity contribution is 0.0586. The van der Waals surface area contributed by atoms with Gasteiger partial charge in [0, 0.05) is 17.1 Å². The van der Waals surface area contributed by atoms with E-state index in [9.17, 15) is 0 Å². The number of rotatable bonds is 3. The summed E-state index contributed by atoms with van der Waals surface area (Å²) in [5.74, 6) is 0.903. The van der Waals surface area contributed by atoms with Crippen molar-refractivity contribution in [3.05, 3.63) is 18.5 Å². The molecule has 5 heteroatoms. The van der Waals surface area contributed by atoms with Crippen molar-refractivity contribution in [1.82, 2.24) is 25.6 Å². The molecule has 0 aromatic carbocycles. The predicted molar refractivity (Wildman–Crippen MR) is 92.0 cm³/mol. The quantitative estimate of drug-likeness (QED) is 0.897. The smallest absolute Gasteiger partial charge is 0.152 e. The SMILES string of the molecule is CC1(C)CC(NC2CCCCC2)(c2ncncn2)CC(C)(C)N1. The maximum atomic E-state index is 4.56. The first-order chi connectivity index (χ1) is 10.8. The first-order valence-electron chi connectivity index (χ1n) is 9.00. The molecule has 3 rings (SSSR count). The summed E-state index contributed by atoms with van der Waals surface area (Å²) >= 11 is 0. The topological polar surface area (TPSA) is 62.7 Å². The molecule has 0 unspecified atom stereocenters. The molecule has 2 aliphatic rings. The molecule has 0 radical (unpaired) electrons. The fraction of sp³-hybridized carbons (Fsp3) is 0.833. The minimum absolute atomic E-state index is 0.0377. The number of aromatic nitrogens is 3. The molecule has 0 amide bonds. The van der Waals surface area contributed by atoms with Crippen LogP contribution in [0.3, 0.4) is 0 Å². The van der Waals surface area contributed by atoms with Crippen LogP contribution in [0.1, 0.15) is 78.5 Å². The summed E-state index contributed by atoms with van der Waals surface area (Å²) < 4.78 is 0. The average molecular weight is 317 g/mol. The second-order valence-electron chi connectivity index (χ2n) is 8.77. The monoisotopic (exact) mass is 317 g/mol. The molecule has 1 aromatic heterocycles. The fourth-order valence-corrected chi connectivity index (χ4v) is 5.02. The molecule has 1 aliphatic carbocycles. The van der Waals surface area contributed by atoms with Gasteiger partial charge in [-0.25, -0.2) is 15.0 Å². The summed E-state index contributed by atoms with van der Waals surface area (Å²) in [5.41, 5.74) is -0.102. The molecule has 0 spiro atoms. The third-order valence-electron chi connectivity index (χ3n) is 5.17. The Morgan fingerprint density at radius 1 is 0.957 bits per heavy atom. The van der Waals surface area contributed by atoms with Gasteiger partial charge in [-0.15, -0.1) is 0 Å². The molecular formula is C18H31N5. The van der Waals surface area contributed by atoms with Crippen molar-refractivity contribution in [3.8, 4) is 0 Å². The summed E-state index contributed by atoms with van der Waals surface area (Å²) in [4.78, 5) is 13.1. The average Bonchev–Trinajstić information content (AvgIpc) is 2.46. The molecule has 1 saturated carbocycles. The highest BCUT2D eigenvalue weighted by molar-refractivity contribution is 5.16. The van der Waals surface area contributed by atoms with Gasteiger partial charge < -0.3 is 10.6 Å². The zero-order valence-corrected chi connectivity index (χ0v) is 15.0. The molecule has 2 fully saturated rings. The van der Waals surface area contributed by atoms with Gasteiger partial charge in [-0.05, 0) is 53.4 Å². The Hall–Kier alpha value is -1.07. The van der Waals surface area contributed by atoms with E-state index in [0.29, 0.717) is 6.04 Å². The predicted octanol–water partition coefficient (Wildman–Crippen LogP) is 2.93. The van der Waals surface area contributed by atoms with E-state index >= 15 is 0 Å². The van der Waals surface area contributed by atoms with E-state index in [4.69, 9.17) is 0 Å². The van der Waals surface area contributed by atoms with Crippen molar-refractivity contribution in [2.45, 2.75) is 95.3 Å². The molecule has 5 nitrogen and oxygen atoms in total. The second kappa shape index (κ2) is 6.10. The first-order valence-corrected chi connectivity index (χ1v) is 9.00. The maximum Gasteiger partial charge on any atom is 0.152 e. The zero-order chi connectivity index (χ0) is 16.6. The lowest BCUT2D eigenvalue weighted by atomic mass is 9.69. The van der Waals surface area contributed by atoms with Crippen molar-refractivity contribution in [2.75, 3.05) is 0 Å². The van der Waals surface area contributed by atoms with Gasteiger partial charge in [-0.2, -0.15) is 0 Å². The van der Waals surface area contributed by atoms with E-state index in [0.717, 1.165) is 18.7 Å². The number of hydrogen-bond donors (Lipinski definition) is 2. The van der Waals surface area contributed by atoms with Gasteiger partial charge in [0.25, 0.3) is 0 Å². The van der Waals surface area contributed by atoms with Crippen molar-refractivity contribution in [3.63, 3.8) is 0 Å². The summed E-state index contributed by atoms with van der Waals surface area (Å²) in [6, 6.07) is 0.574. The summed E-state index contributed by atoms with van der Waals surface area (Å²) in [6.07, 6.45) is 11.8. The molecule has 2 heterocycles. The van der Waals surface area contributed by atoms with Crippen LogP contribution in [-0.2, 0) is 5.54 Å². The van der Waals surface area contributed by atoms with Crippen molar-refractivity contribution in [1.29, 1.82) is 0 Å². The van der Waals surface area contributed by atoms with Crippen LogP contribution in [0.2, 0.25) is 0 Å². The van der Waals surface area contributed by atoms with Crippen LogP contribution in [0.25, 0.3) is 0 Å². The summed E-state index contributed by atoms with van der Waals surface area (Å²) in [7, 11) is 0. The van der Waals surface area contributed by atoms with Gasteiger partial charge in [0.15, 0.2) is 5.82 Å². The van der Waals surface area contributed by atoms with Crippen LogP contribution in [0, 0.1) is 0 Å². The molecule has 23 heavy (non-hydrogen) atoms. The highest BCUT2D eigenvalue weighted by Crippen LogP contribution is 2.42. The molecule has 0 atom stereocenters. The lowest BCUT2D eigenvalue weighted by Gasteiger charge is -2.53. The van der Waals surface area contributed by atoms with Crippen LogP contribution in [0.5, 0.6) is 0 Å². The molecule has 1 aliphatic heterocycles. The summed E-state index contributed by atoms with van der Waals surface area (Å²) in [5, 5.41) is 7.79. The first kappa shape index (κ1) is 16.8. The Labute approximate surface area is 140 Å². The number of nitrogens with zero attached hydrogens (tertiary/aromatic N) is 3. The Morgan fingerprint density at radius 2 is 1.52 bits per heavy atom. The highest BCUT2D eigenvalue weighted by atomic mass is 15.2. The maximum absolute atomic E-state index is 4.56. The normalized spacial score (nSPS) is 26.8. The van der Waals surface area contributed by atoms with Crippen LogP contribution >= 0.6 is 0 Å². The standard InChI is InChI=1S/C18H31N5/c1-16(2)10-18(11-17(3,4)23-16,15-20-12-19-13-21-15)22-14-8-6-5-7-9-14/h12-14,22-23H,5-11H2,1-4H3. The van der Waals surface area contributed by atoms with Crippen LogP contribution in [0.4, 0.5) is 0 Å². The van der Waals surface area contributed by atoms with Gasteiger partial charge >= 0.3 is 0 Å². The number of hydrogen-bond acceptors (Lipinski definition) is 5. The highest BCUT2D eigenvalue weighted by Gasteiger charge is 2.50. The summed E-state index contributed by atoms with van der Waals surface area (Å²) in [6.45, 7) is 9.14. The van der Waals surface area contributed by atoms with E-state index in [1.54, 1.807) is 12.7 Å². The Bertz CT molecular complexity index is 503. The van der Waals surface area contributed by atoms with Gasteiger partial charge in [0.05, 0.1) is 5.54 Å². The molecule has 1 saturated heterocycles. The van der Waals surface area contributed by atoms with Crippen LogP contribution < -0.4 is 10.6 Å². The van der Waals surface area contributed by atoms with E-state index in [1.807, 2.05) is 0 Å². The Morgan fingerprint density at radius 3 is 2.09 bits per heavy atom. The van der Waals surface area contributed by atoms with Crippen molar-refractivity contribution >= 4 is 0 Å². The minimum atomic E-state index is -0.177. The molecule has 1 aromatic rings. The van der Waals surface area contributed by atoms with Crippen LogP contribution in [0.15, 0.2) is 12.7 Å². The molecule has 128 valence electrons. The van der Waals surface area contributed by atoms with Gasteiger partial charge in [0.1, 0.15) is 12.7 Å². The third kappa shape index (κ3) is 3.89. The van der Waals surface area contributed by atoms with Crippen molar-refractivity contribution < 1.29 is 0 Å². The van der Waals surface area contributed by atoms with Crippen molar-refractivity contribution in [2.24, 2.45) is 0 Å². The van der Waals surface area contributed by atoms with Crippen LogP contribution in [-0.4, -0.2) is 32.1 Å². The number of nitrogens with one attached hydrogen (secondary N) is 2. The Balaban J connectivity index is 1.96. The Kier molecular flexibility index (Phi) is 4.45. The lowest BCUT2D eigenvalue weighted by Crippen LogP contribution is -2.67. The van der Waals surface area contributed by atoms with E-state index in [1.165, 1.54) is 32.1 Å². The fourth-order valence-electron chi connectivity index (χ4n) is 5.02. The molecule has 2 N–H and O–H groups in total.